The summed E-state index contributed by atoms with van der Waals surface area (Å²) in [7, 11) is 1.77. The summed E-state index contributed by atoms with van der Waals surface area (Å²) in [5.41, 5.74) is 2.47. The van der Waals surface area contributed by atoms with Gasteiger partial charge in [-0.25, -0.2) is 0 Å². The summed E-state index contributed by atoms with van der Waals surface area (Å²) in [6, 6.07) is 12.5. The lowest BCUT2D eigenvalue weighted by Gasteiger charge is -2.20. The molecule has 0 atom stereocenters. The van der Waals surface area contributed by atoms with Gasteiger partial charge in [-0.2, -0.15) is 0 Å². The molecule has 0 aliphatic rings. The molecular formula is C19H20BrClN2O2. The summed E-state index contributed by atoms with van der Waals surface area (Å²) in [5.74, 6) is -0.146. The average molecular weight is 424 g/mol. The Bertz CT molecular complexity index is 763. The Morgan fingerprint density at radius 3 is 2.48 bits per heavy atom. The second-order valence-corrected chi connectivity index (χ2v) is 7.10. The zero-order chi connectivity index (χ0) is 18.4. The minimum absolute atomic E-state index is 0.0196. The molecule has 2 aromatic carbocycles. The van der Waals surface area contributed by atoms with Crippen molar-refractivity contribution in [2.75, 3.05) is 18.5 Å². The van der Waals surface area contributed by atoms with Crippen LogP contribution < -0.4 is 10.2 Å². The second-order valence-electron chi connectivity index (χ2n) is 5.75. The number of hydrogen-bond acceptors (Lipinski definition) is 2. The molecule has 0 aromatic heterocycles. The van der Waals surface area contributed by atoms with E-state index in [-0.39, 0.29) is 11.8 Å². The monoisotopic (exact) mass is 422 g/mol. The first-order valence-electron chi connectivity index (χ1n) is 7.95. The lowest BCUT2D eigenvalue weighted by molar-refractivity contribution is -0.118. The van der Waals surface area contributed by atoms with Crippen molar-refractivity contribution in [1.29, 1.82) is 0 Å². The van der Waals surface area contributed by atoms with E-state index in [0.717, 1.165) is 15.7 Å². The maximum atomic E-state index is 12.3. The first kappa shape index (κ1) is 19.5. The van der Waals surface area contributed by atoms with Gasteiger partial charge in [0.05, 0.1) is 0 Å². The molecule has 0 fully saturated rings. The Morgan fingerprint density at radius 1 is 1.16 bits per heavy atom. The van der Waals surface area contributed by atoms with Gasteiger partial charge >= 0.3 is 0 Å². The van der Waals surface area contributed by atoms with Crippen LogP contribution in [0.2, 0.25) is 5.02 Å². The van der Waals surface area contributed by atoms with E-state index in [9.17, 15) is 9.59 Å². The van der Waals surface area contributed by atoms with E-state index in [4.69, 9.17) is 11.6 Å². The fourth-order valence-electron chi connectivity index (χ4n) is 2.44. The molecule has 0 aliphatic carbocycles. The number of anilines is 1. The minimum Gasteiger partial charge on any atom is -0.352 e. The fraction of sp³-hybridized carbons (Fsp3) is 0.263. The van der Waals surface area contributed by atoms with Gasteiger partial charge < -0.3 is 10.2 Å². The van der Waals surface area contributed by atoms with Crippen LogP contribution >= 0.6 is 27.5 Å². The van der Waals surface area contributed by atoms with Crippen molar-refractivity contribution in [3.63, 3.8) is 0 Å². The van der Waals surface area contributed by atoms with Gasteiger partial charge in [0.1, 0.15) is 0 Å². The summed E-state index contributed by atoms with van der Waals surface area (Å²) in [4.78, 5) is 26.0. The summed E-state index contributed by atoms with van der Waals surface area (Å²) in [6.45, 7) is 2.41. The third kappa shape index (κ3) is 5.58. The molecular weight excluding hydrogens is 404 g/mol. The molecule has 0 bridgehead atoms. The Morgan fingerprint density at radius 2 is 1.84 bits per heavy atom. The number of aryl methyl sites for hydroxylation is 1. The Kier molecular flexibility index (Phi) is 7.02. The number of benzene rings is 2. The molecule has 0 heterocycles. The summed E-state index contributed by atoms with van der Waals surface area (Å²) >= 11 is 9.22. The molecule has 2 amide bonds. The summed E-state index contributed by atoms with van der Waals surface area (Å²) in [5, 5.41) is 3.40. The van der Waals surface area contributed by atoms with Crippen LogP contribution in [0.15, 0.2) is 46.9 Å². The van der Waals surface area contributed by atoms with Gasteiger partial charge in [0.25, 0.3) is 5.91 Å². The standard InChI is InChI=1S/C19H20BrClN2O2/c1-13-12-15(20)7-10-17(13)23(2)18(24)4-3-11-22-19(25)14-5-8-16(21)9-6-14/h5-10,12H,3-4,11H2,1-2H3,(H,22,25). The van der Waals surface area contributed by atoms with E-state index in [2.05, 4.69) is 21.2 Å². The van der Waals surface area contributed by atoms with E-state index in [1.54, 1.807) is 36.2 Å². The van der Waals surface area contributed by atoms with Crippen LogP contribution in [0.3, 0.4) is 0 Å². The van der Waals surface area contributed by atoms with E-state index in [0.29, 0.717) is 30.0 Å². The highest BCUT2D eigenvalue weighted by Gasteiger charge is 2.13. The second kappa shape index (κ2) is 9.02. The Balaban J connectivity index is 1.80. The third-order valence-corrected chi connectivity index (χ3v) is 4.60. The smallest absolute Gasteiger partial charge is 0.251 e. The van der Waals surface area contributed by atoms with Gasteiger partial charge in [-0.15, -0.1) is 0 Å². The van der Waals surface area contributed by atoms with E-state index < -0.39 is 0 Å². The molecule has 1 N–H and O–H groups in total. The number of carbonyl (C=O) groups is 2. The normalized spacial score (nSPS) is 10.4. The van der Waals surface area contributed by atoms with Gasteiger partial charge in [-0.05, 0) is 61.4 Å². The van der Waals surface area contributed by atoms with E-state index in [1.165, 1.54) is 0 Å². The van der Waals surface area contributed by atoms with Crippen LogP contribution in [-0.2, 0) is 4.79 Å². The number of amides is 2. The van der Waals surface area contributed by atoms with Crippen LogP contribution in [0.1, 0.15) is 28.8 Å². The molecule has 6 heteroatoms. The molecule has 2 rings (SSSR count). The average Bonchev–Trinajstić information content (AvgIpc) is 2.58. The summed E-state index contributed by atoms with van der Waals surface area (Å²) in [6.07, 6.45) is 0.949. The molecule has 132 valence electrons. The number of nitrogens with zero attached hydrogens (tertiary/aromatic N) is 1. The van der Waals surface area contributed by atoms with Crippen molar-refractivity contribution in [1.82, 2.24) is 5.32 Å². The van der Waals surface area contributed by atoms with Crippen LogP contribution in [0, 0.1) is 6.92 Å². The van der Waals surface area contributed by atoms with Crippen molar-refractivity contribution in [3.8, 4) is 0 Å². The maximum absolute atomic E-state index is 12.3. The van der Waals surface area contributed by atoms with Crippen molar-refractivity contribution >= 4 is 45.0 Å². The first-order chi connectivity index (χ1) is 11.9. The predicted octanol–water partition coefficient (Wildman–Crippen LogP) is 4.58. The van der Waals surface area contributed by atoms with Gasteiger partial charge in [0.2, 0.25) is 5.91 Å². The van der Waals surface area contributed by atoms with Crippen LogP contribution in [-0.4, -0.2) is 25.4 Å². The molecule has 4 nitrogen and oxygen atoms in total. The molecule has 0 saturated carbocycles. The molecule has 0 aliphatic heterocycles. The molecule has 0 radical (unpaired) electrons. The van der Waals surface area contributed by atoms with Gasteiger partial charge in [0.15, 0.2) is 0 Å². The van der Waals surface area contributed by atoms with Gasteiger partial charge in [-0.1, -0.05) is 27.5 Å². The molecule has 0 spiro atoms. The lowest BCUT2D eigenvalue weighted by Crippen LogP contribution is -2.29. The molecule has 25 heavy (non-hydrogen) atoms. The van der Waals surface area contributed by atoms with Crippen LogP contribution in [0.4, 0.5) is 5.69 Å². The Hall–Kier alpha value is -1.85. The quantitative estimate of drug-likeness (QED) is 0.691. The zero-order valence-corrected chi connectivity index (χ0v) is 16.5. The molecule has 2 aromatic rings. The lowest BCUT2D eigenvalue weighted by atomic mass is 10.1. The van der Waals surface area contributed by atoms with Crippen LogP contribution in [0.5, 0.6) is 0 Å². The minimum atomic E-state index is -0.166. The van der Waals surface area contributed by atoms with E-state index >= 15 is 0 Å². The Labute approximate surface area is 161 Å². The third-order valence-electron chi connectivity index (χ3n) is 3.85. The van der Waals surface area contributed by atoms with Crippen LogP contribution in [0.25, 0.3) is 0 Å². The van der Waals surface area contributed by atoms with Crippen molar-refractivity contribution in [2.45, 2.75) is 19.8 Å². The highest BCUT2D eigenvalue weighted by Crippen LogP contribution is 2.23. The number of halogens is 2. The molecule has 0 saturated heterocycles. The van der Waals surface area contributed by atoms with Crippen molar-refractivity contribution < 1.29 is 9.59 Å². The zero-order valence-electron chi connectivity index (χ0n) is 14.2. The largest absolute Gasteiger partial charge is 0.352 e. The predicted molar refractivity (Wildman–Crippen MR) is 105 cm³/mol. The highest BCUT2D eigenvalue weighted by molar-refractivity contribution is 9.10. The highest BCUT2D eigenvalue weighted by atomic mass is 79.9. The van der Waals surface area contributed by atoms with Gasteiger partial charge in [0, 0.05) is 40.8 Å². The van der Waals surface area contributed by atoms with Crippen molar-refractivity contribution in [3.05, 3.63) is 63.1 Å². The van der Waals surface area contributed by atoms with Crippen molar-refractivity contribution in [2.24, 2.45) is 0 Å². The number of carbonyl (C=O) groups excluding carboxylic acids is 2. The fourth-order valence-corrected chi connectivity index (χ4v) is 3.04. The topological polar surface area (TPSA) is 49.4 Å². The molecule has 0 unspecified atom stereocenters. The van der Waals surface area contributed by atoms with E-state index in [1.807, 2.05) is 25.1 Å². The number of nitrogens with one attached hydrogen (secondary N) is 1. The van der Waals surface area contributed by atoms with Gasteiger partial charge in [-0.3, -0.25) is 9.59 Å². The number of rotatable bonds is 6. The SMILES string of the molecule is Cc1cc(Br)ccc1N(C)C(=O)CCCNC(=O)c1ccc(Cl)cc1. The number of hydrogen-bond donors (Lipinski definition) is 1. The summed E-state index contributed by atoms with van der Waals surface area (Å²) < 4.78 is 0.986. The first-order valence-corrected chi connectivity index (χ1v) is 9.12. The maximum Gasteiger partial charge on any atom is 0.251 e.